The van der Waals surface area contributed by atoms with E-state index in [2.05, 4.69) is 10.3 Å². The number of benzene rings is 2. The monoisotopic (exact) mass is 364 g/mol. The summed E-state index contributed by atoms with van der Waals surface area (Å²) in [6.07, 6.45) is 0.763. The summed E-state index contributed by atoms with van der Waals surface area (Å²) in [6, 6.07) is 11.1. The van der Waals surface area contributed by atoms with Crippen LogP contribution in [0.3, 0.4) is 0 Å². The largest absolute Gasteiger partial charge is 0.496 e. The van der Waals surface area contributed by atoms with Crippen LogP contribution in [-0.4, -0.2) is 30.8 Å². The van der Waals surface area contributed by atoms with Crippen molar-refractivity contribution in [3.8, 4) is 22.6 Å². The molecule has 0 aliphatic heterocycles. The molecule has 0 saturated carbocycles. The first-order chi connectivity index (χ1) is 13.1. The molecule has 2 aromatic heterocycles. The smallest absolute Gasteiger partial charge is 0.399 e. The van der Waals surface area contributed by atoms with Crippen molar-refractivity contribution in [1.82, 2.24) is 10.3 Å². The van der Waals surface area contributed by atoms with E-state index < -0.39 is 0 Å². The second kappa shape index (κ2) is 6.28. The van der Waals surface area contributed by atoms with Crippen molar-refractivity contribution < 1.29 is 18.8 Å². The number of aldehydes is 1. The molecule has 0 unspecified atom stereocenters. The van der Waals surface area contributed by atoms with Crippen molar-refractivity contribution in [2.45, 2.75) is 6.92 Å². The Bertz CT molecular complexity index is 1250. The van der Waals surface area contributed by atoms with Gasteiger partial charge in [0.1, 0.15) is 17.2 Å². The number of hydrogen-bond acceptors (Lipinski definition) is 4. The Hall–Kier alpha value is -3.61. The summed E-state index contributed by atoms with van der Waals surface area (Å²) in [5, 5.41) is 7.05. The fraction of sp³-hybridized carbons (Fsp3) is 0.150. The summed E-state index contributed by atoms with van der Waals surface area (Å²) in [5.41, 5.74) is 3.29. The molecular formula is C20H18N3O4+. The molecule has 0 aliphatic carbocycles. The number of ether oxygens (including phenoxy) is 2. The summed E-state index contributed by atoms with van der Waals surface area (Å²) in [4.78, 5) is 23.6. The van der Waals surface area contributed by atoms with Crippen LogP contribution in [0, 0.1) is 6.92 Å². The number of aromatic nitrogens is 3. The molecule has 7 heteroatoms. The van der Waals surface area contributed by atoms with Gasteiger partial charge >= 0.3 is 5.56 Å². The van der Waals surface area contributed by atoms with Gasteiger partial charge in [0.15, 0.2) is 6.29 Å². The van der Waals surface area contributed by atoms with Crippen LogP contribution >= 0.6 is 0 Å². The lowest BCUT2D eigenvalue weighted by Gasteiger charge is -2.13. The van der Waals surface area contributed by atoms with E-state index >= 15 is 0 Å². The maximum absolute atomic E-state index is 12.3. The number of nitrogens with zero attached hydrogens (tertiary/aromatic N) is 1. The number of methoxy groups -OCH3 is 2. The molecule has 2 N–H and O–H groups in total. The number of carbonyl (C=O) groups excluding carboxylic acids is 1. The van der Waals surface area contributed by atoms with Gasteiger partial charge in [-0.05, 0) is 35.9 Å². The summed E-state index contributed by atoms with van der Waals surface area (Å²) >= 11 is 0. The molecule has 2 heterocycles. The molecule has 136 valence electrons. The predicted molar refractivity (Wildman–Crippen MR) is 101 cm³/mol. The fourth-order valence-corrected chi connectivity index (χ4v) is 3.49. The first-order valence-electron chi connectivity index (χ1n) is 8.35. The number of rotatable bonds is 4. The molecule has 27 heavy (non-hydrogen) atoms. The number of aryl methyl sites for hydroxylation is 1. The van der Waals surface area contributed by atoms with Crippen molar-refractivity contribution in [1.29, 1.82) is 0 Å². The number of hydrogen-bond donors (Lipinski definition) is 2. The molecule has 4 aromatic rings. The van der Waals surface area contributed by atoms with Gasteiger partial charge in [-0.1, -0.05) is 11.3 Å². The third-order valence-electron chi connectivity index (χ3n) is 4.75. The van der Waals surface area contributed by atoms with Crippen molar-refractivity contribution in [2.75, 3.05) is 14.2 Å². The van der Waals surface area contributed by atoms with Crippen molar-refractivity contribution in [3.63, 3.8) is 0 Å². The molecule has 0 radical (unpaired) electrons. The first-order valence-corrected chi connectivity index (χ1v) is 8.35. The average molecular weight is 364 g/mol. The second-order valence-corrected chi connectivity index (χ2v) is 6.22. The average Bonchev–Trinajstić information content (AvgIpc) is 3.09. The topological polar surface area (TPSA) is 88.3 Å². The zero-order valence-corrected chi connectivity index (χ0v) is 15.1. The molecule has 0 fully saturated rings. The Morgan fingerprint density at radius 1 is 1.04 bits per heavy atom. The Morgan fingerprint density at radius 3 is 2.56 bits per heavy atom. The van der Waals surface area contributed by atoms with Crippen LogP contribution in [0.2, 0.25) is 0 Å². The van der Waals surface area contributed by atoms with Crippen molar-refractivity contribution in [2.24, 2.45) is 0 Å². The number of nitrogens with one attached hydrogen (secondary N) is 2. The first kappa shape index (κ1) is 16.8. The highest BCUT2D eigenvalue weighted by Gasteiger charge is 2.20. The summed E-state index contributed by atoms with van der Waals surface area (Å²) < 4.78 is 12.6. The number of H-pyrrole nitrogens is 2. The molecule has 0 spiro atoms. The van der Waals surface area contributed by atoms with Crippen LogP contribution < -0.4 is 19.5 Å². The minimum atomic E-state index is -0.203. The quantitative estimate of drug-likeness (QED) is 0.430. The van der Waals surface area contributed by atoms with Crippen LogP contribution in [-0.2, 0) is 0 Å². The highest BCUT2D eigenvalue weighted by molar-refractivity contribution is 6.02. The summed E-state index contributed by atoms with van der Waals surface area (Å²) in [7, 11) is 3.12. The zero-order chi connectivity index (χ0) is 19.1. The van der Waals surface area contributed by atoms with E-state index in [-0.39, 0.29) is 5.56 Å². The van der Waals surface area contributed by atoms with E-state index in [9.17, 15) is 9.59 Å². The number of carbonyl (C=O) groups is 1. The SMILES string of the molecule is COc1ccc(-c2ccc3c(cc(C)[n+]4[nH][nH]c(=O)c34)c2OC)cc1C=O. The van der Waals surface area contributed by atoms with E-state index in [0.29, 0.717) is 22.6 Å². The molecule has 0 bridgehead atoms. The number of pyridine rings is 1. The van der Waals surface area contributed by atoms with Crippen molar-refractivity contribution >= 4 is 22.6 Å². The molecule has 0 amide bonds. The highest BCUT2D eigenvalue weighted by atomic mass is 16.5. The third-order valence-corrected chi connectivity index (χ3v) is 4.75. The Labute approximate surface area is 154 Å². The standard InChI is InChI=1S/C20H17N3O4/c1-11-8-16-15(18-20(25)21-22-23(11)18)6-5-14(19(16)27-3)12-4-7-17(26-2)13(9-12)10-24/h4-10,25H,1-3H3/p+1. The Balaban J connectivity index is 2.06. The van der Waals surface area contributed by atoms with Gasteiger partial charge in [-0.15, -0.1) is 9.61 Å². The van der Waals surface area contributed by atoms with Gasteiger partial charge in [0.25, 0.3) is 5.52 Å². The normalized spacial score (nSPS) is 11.1. The van der Waals surface area contributed by atoms with Gasteiger partial charge in [0.05, 0.1) is 19.8 Å². The maximum Gasteiger partial charge on any atom is 0.399 e. The van der Waals surface area contributed by atoms with Gasteiger partial charge < -0.3 is 9.47 Å². The number of fused-ring (bicyclic) bond motifs is 3. The van der Waals surface area contributed by atoms with Gasteiger partial charge in [-0.2, -0.15) is 0 Å². The van der Waals surface area contributed by atoms with E-state index in [4.69, 9.17) is 9.47 Å². The van der Waals surface area contributed by atoms with Gasteiger partial charge in [0, 0.05) is 23.3 Å². The Morgan fingerprint density at radius 2 is 1.85 bits per heavy atom. The predicted octanol–water partition coefficient (Wildman–Crippen LogP) is 2.40. The number of aromatic amines is 2. The lowest BCUT2D eigenvalue weighted by Crippen LogP contribution is -2.28. The third kappa shape index (κ3) is 2.47. The van der Waals surface area contributed by atoms with Gasteiger partial charge in [-0.3, -0.25) is 4.79 Å². The van der Waals surface area contributed by atoms with E-state index in [1.807, 2.05) is 31.2 Å². The molecule has 0 atom stereocenters. The van der Waals surface area contributed by atoms with Crippen LogP contribution in [0.25, 0.3) is 27.4 Å². The molecule has 2 aromatic carbocycles. The minimum absolute atomic E-state index is 0.203. The van der Waals surface area contributed by atoms with Gasteiger partial charge in [-0.25, -0.2) is 4.79 Å². The van der Waals surface area contributed by atoms with Crippen LogP contribution in [0.5, 0.6) is 11.5 Å². The minimum Gasteiger partial charge on any atom is -0.496 e. The van der Waals surface area contributed by atoms with Gasteiger partial charge in [0.2, 0.25) is 0 Å². The van der Waals surface area contributed by atoms with Crippen LogP contribution in [0.4, 0.5) is 0 Å². The lowest BCUT2D eigenvalue weighted by atomic mass is 9.97. The lowest BCUT2D eigenvalue weighted by molar-refractivity contribution is -0.587. The van der Waals surface area contributed by atoms with E-state index in [0.717, 1.165) is 33.9 Å². The van der Waals surface area contributed by atoms with E-state index in [1.165, 1.54) is 7.11 Å². The van der Waals surface area contributed by atoms with Crippen LogP contribution in [0.1, 0.15) is 16.1 Å². The zero-order valence-electron chi connectivity index (χ0n) is 15.1. The highest BCUT2D eigenvalue weighted by Crippen LogP contribution is 2.38. The fourth-order valence-electron chi connectivity index (χ4n) is 3.49. The van der Waals surface area contributed by atoms with Crippen molar-refractivity contribution in [3.05, 3.63) is 58.0 Å². The molecule has 7 nitrogen and oxygen atoms in total. The molecule has 4 rings (SSSR count). The molecular weight excluding hydrogens is 346 g/mol. The molecule has 0 saturated heterocycles. The summed E-state index contributed by atoms with van der Waals surface area (Å²) in [6.45, 7) is 1.90. The van der Waals surface area contributed by atoms with Crippen LogP contribution in [0.15, 0.2) is 41.2 Å². The summed E-state index contributed by atoms with van der Waals surface area (Å²) in [5.74, 6) is 1.15. The molecule has 0 aliphatic rings. The second-order valence-electron chi connectivity index (χ2n) is 6.22. The van der Waals surface area contributed by atoms with E-state index in [1.54, 1.807) is 23.8 Å². The maximum atomic E-state index is 12.3. The Kier molecular flexibility index (Phi) is 3.92.